The van der Waals surface area contributed by atoms with Gasteiger partial charge in [-0.05, 0) is 44.1 Å². The third kappa shape index (κ3) is 5.32. The van der Waals surface area contributed by atoms with Crippen LogP contribution in [0.5, 0.6) is 0 Å². The molecule has 0 saturated carbocycles. The van der Waals surface area contributed by atoms with Crippen LogP contribution in [0, 0.1) is 11.3 Å². The maximum Gasteiger partial charge on any atom is 0.239 e. The van der Waals surface area contributed by atoms with Gasteiger partial charge in [-0.1, -0.05) is 19.1 Å². The van der Waals surface area contributed by atoms with E-state index < -0.39 is 0 Å². The molecule has 1 unspecified atom stereocenters. The lowest BCUT2D eigenvalue weighted by molar-refractivity contribution is -0.138. The lowest BCUT2D eigenvalue weighted by atomic mass is 10.1. The minimum Gasteiger partial charge on any atom is -0.339 e. The molecule has 2 aliphatic heterocycles. The number of carbonyl (C=O) groups is 1. The molecule has 1 aromatic rings. The number of carbonyl (C=O) groups excluding carboxylic acids is 1. The minimum atomic E-state index is -0.0389. The number of benzene rings is 1. The van der Waals surface area contributed by atoms with Crippen LogP contribution in [-0.2, 0) is 11.3 Å². The molecule has 1 aromatic carbocycles. The van der Waals surface area contributed by atoms with Crippen LogP contribution < -0.4 is 0 Å². The fourth-order valence-electron chi connectivity index (χ4n) is 4.18. The Hall–Kier alpha value is -1.94. The Labute approximate surface area is 169 Å². The molecule has 6 nitrogen and oxygen atoms in total. The number of amides is 1. The summed E-state index contributed by atoms with van der Waals surface area (Å²) in [6.45, 7) is 13.9. The number of hydrogen-bond acceptors (Lipinski definition) is 5. The molecule has 0 aromatic heterocycles. The SMILES string of the molecule is CCN1CCN(C(=O)C(C)N2CCCN(Cc3ccc(C#N)cc3)CC2)CC1. The Morgan fingerprint density at radius 2 is 1.68 bits per heavy atom. The Bertz CT molecular complexity index is 675. The molecule has 1 atom stereocenters. The molecule has 1 amide bonds. The van der Waals surface area contributed by atoms with Crippen molar-refractivity contribution in [2.45, 2.75) is 32.9 Å². The van der Waals surface area contributed by atoms with Crippen LogP contribution in [0.3, 0.4) is 0 Å². The highest BCUT2D eigenvalue weighted by molar-refractivity contribution is 5.81. The molecule has 2 fully saturated rings. The van der Waals surface area contributed by atoms with Crippen LogP contribution in [0.2, 0.25) is 0 Å². The third-order valence-electron chi connectivity index (χ3n) is 6.15. The summed E-state index contributed by atoms with van der Waals surface area (Å²) in [7, 11) is 0. The van der Waals surface area contributed by atoms with E-state index in [1.165, 1.54) is 5.56 Å². The summed E-state index contributed by atoms with van der Waals surface area (Å²) in [6.07, 6.45) is 1.08. The Morgan fingerprint density at radius 1 is 1.00 bits per heavy atom. The zero-order chi connectivity index (χ0) is 19.9. The van der Waals surface area contributed by atoms with E-state index in [0.29, 0.717) is 5.56 Å². The molecule has 0 bridgehead atoms. The third-order valence-corrected chi connectivity index (χ3v) is 6.15. The molecule has 2 aliphatic rings. The summed E-state index contributed by atoms with van der Waals surface area (Å²) in [6, 6.07) is 10.00. The highest BCUT2D eigenvalue weighted by Crippen LogP contribution is 2.14. The largest absolute Gasteiger partial charge is 0.339 e. The average molecular weight is 384 g/mol. The van der Waals surface area contributed by atoms with Crippen molar-refractivity contribution < 1.29 is 4.79 Å². The van der Waals surface area contributed by atoms with Gasteiger partial charge in [-0.3, -0.25) is 14.6 Å². The van der Waals surface area contributed by atoms with Crippen LogP contribution in [0.4, 0.5) is 0 Å². The number of nitrogens with zero attached hydrogens (tertiary/aromatic N) is 5. The fourth-order valence-corrected chi connectivity index (χ4v) is 4.18. The highest BCUT2D eigenvalue weighted by Gasteiger charge is 2.29. The average Bonchev–Trinajstić information content (AvgIpc) is 2.99. The van der Waals surface area contributed by atoms with E-state index in [4.69, 9.17) is 5.26 Å². The van der Waals surface area contributed by atoms with E-state index in [9.17, 15) is 4.79 Å². The van der Waals surface area contributed by atoms with Crippen molar-refractivity contribution in [2.75, 3.05) is 58.9 Å². The molecule has 0 radical (unpaired) electrons. The van der Waals surface area contributed by atoms with Crippen molar-refractivity contribution in [2.24, 2.45) is 0 Å². The summed E-state index contributed by atoms with van der Waals surface area (Å²) in [5.74, 6) is 0.288. The van der Waals surface area contributed by atoms with E-state index in [-0.39, 0.29) is 11.9 Å². The molecule has 28 heavy (non-hydrogen) atoms. The molecule has 6 heteroatoms. The first kappa shape index (κ1) is 20.8. The molecular formula is C22H33N5O. The molecule has 2 heterocycles. The normalized spacial score (nSPS) is 21.1. The van der Waals surface area contributed by atoms with Gasteiger partial charge >= 0.3 is 0 Å². The van der Waals surface area contributed by atoms with Gasteiger partial charge in [0.15, 0.2) is 0 Å². The molecule has 152 valence electrons. The van der Waals surface area contributed by atoms with Crippen LogP contribution >= 0.6 is 0 Å². The molecule has 3 rings (SSSR count). The smallest absolute Gasteiger partial charge is 0.239 e. The van der Waals surface area contributed by atoms with Crippen molar-refractivity contribution in [1.29, 1.82) is 5.26 Å². The van der Waals surface area contributed by atoms with E-state index in [1.54, 1.807) is 0 Å². The monoisotopic (exact) mass is 383 g/mol. The lowest BCUT2D eigenvalue weighted by Crippen LogP contribution is -2.54. The summed E-state index contributed by atoms with van der Waals surface area (Å²) in [5, 5.41) is 8.93. The second kappa shape index (κ2) is 10.0. The van der Waals surface area contributed by atoms with Crippen molar-refractivity contribution in [1.82, 2.24) is 19.6 Å². The lowest BCUT2D eigenvalue weighted by Gasteiger charge is -2.37. The maximum absolute atomic E-state index is 13.0. The van der Waals surface area contributed by atoms with Crippen molar-refractivity contribution >= 4 is 5.91 Å². The van der Waals surface area contributed by atoms with Crippen LogP contribution in [0.25, 0.3) is 0 Å². The van der Waals surface area contributed by atoms with E-state index in [0.717, 1.165) is 71.9 Å². The minimum absolute atomic E-state index is 0.0389. The second-order valence-electron chi connectivity index (χ2n) is 7.91. The van der Waals surface area contributed by atoms with Gasteiger partial charge in [0.05, 0.1) is 17.7 Å². The topological polar surface area (TPSA) is 53.8 Å². The summed E-state index contributed by atoms with van der Waals surface area (Å²) in [5.41, 5.74) is 1.95. The van der Waals surface area contributed by atoms with Gasteiger partial charge < -0.3 is 9.80 Å². The van der Waals surface area contributed by atoms with Crippen LogP contribution in [0.15, 0.2) is 24.3 Å². The first-order chi connectivity index (χ1) is 13.6. The Morgan fingerprint density at radius 3 is 2.32 bits per heavy atom. The summed E-state index contributed by atoms with van der Waals surface area (Å²) < 4.78 is 0. The second-order valence-corrected chi connectivity index (χ2v) is 7.91. The van der Waals surface area contributed by atoms with Crippen molar-refractivity contribution in [3.05, 3.63) is 35.4 Å². The van der Waals surface area contributed by atoms with Gasteiger partial charge in [-0.2, -0.15) is 5.26 Å². The van der Waals surface area contributed by atoms with Crippen LogP contribution in [-0.4, -0.2) is 90.5 Å². The van der Waals surface area contributed by atoms with Gasteiger partial charge in [-0.15, -0.1) is 0 Å². The standard InChI is InChI=1S/C22H33N5O/c1-3-24-11-15-27(16-12-24)22(28)19(2)26-10-4-9-25(13-14-26)18-21-7-5-20(17-23)6-8-21/h5-8,19H,3-4,9-16,18H2,1-2H3. The molecule has 0 aliphatic carbocycles. The zero-order valence-corrected chi connectivity index (χ0v) is 17.3. The summed E-state index contributed by atoms with van der Waals surface area (Å²) in [4.78, 5) is 22.2. The number of nitriles is 1. The van der Waals surface area contributed by atoms with Gasteiger partial charge in [0.2, 0.25) is 5.91 Å². The Kier molecular flexibility index (Phi) is 7.43. The first-order valence-corrected chi connectivity index (χ1v) is 10.6. The zero-order valence-electron chi connectivity index (χ0n) is 17.3. The predicted molar refractivity (Wildman–Crippen MR) is 111 cm³/mol. The number of likely N-dealkylation sites (N-methyl/N-ethyl adjacent to an activating group) is 1. The van der Waals surface area contributed by atoms with E-state index in [2.05, 4.69) is 39.5 Å². The molecular weight excluding hydrogens is 350 g/mol. The maximum atomic E-state index is 13.0. The number of piperazine rings is 1. The van der Waals surface area contributed by atoms with Gasteiger partial charge in [0, 0.05) is 52.4 Å². The van der Waals surface area contributed by atoms with Gasteiger partial charge in [0.25, 0.3) is 0 Å². The highest BCUT2D eigenvalue weighted by atomic mass is 16.2. The van der Waals surface area contributed by atoms with E-state index >= 15 is 0 Å². The first-order valence-electron chi connectivity index (χ1n) is 10.6. The number of rotatable bonds is 5. The van der Waals surface area contributed by atoms with Crippen molar-refractivity contribution in [3.63, 3.8) is 0 Å². The molecule has 0 N–H and O–H groups in total. The molecule has 0 spiro atoms. The van der Waals surface area contributed by atoms with E-state index in [1.807, 2.05) is 24.3 Å². The van der Waals surface area contributed by atoms with Crippen LogP contribution in [0.1, 0.15) is 31.4 Å². The van der Waals surface area contributed by atoms with Crippen molar-refractivity contribution in [3.8, 4) is 6.07 Å². The van der Waals surface area contributed by atoms with Gasteiger partial charge in [-0.25, -0.2) is 0 Å². The predicted octanol–water partition coefficient (Wildman–Crippen LogP) is 1.62. The fraction of sp³-hybridized carbons (Fsp3) is 0.636. The quantitative estimate of drug-likeness (QED) is 0.773. The van der Waals surface area contributed by atoms with Gasteiger partial charge in [0.1, 0.15) is 0 Å². The number of hydrogen-bond donors (Lipinski definition) is 0. The summed E-state index contributed by atoms with van der Waals surface area (Å²) >= 11 is 0. The Balaban J connectivity index is 1.49. The molecule has 2 saturated heterocycles.